The molecule has 0 aliphatic carbocycles. The third-order valence-electron chi connectivity index (χ3n) is 5.81. The molecule has 3 aromatic heterocycles. The van der Waals surface area contributed by atoms with Gasteiger partial charge in [-0.05, 0) is 12.5 Å². The summed E-state index contributed by atoms with van der Waals surface area (Å²) < 4.78 is 64.8. The second kappa shape index (κ2) is 7.91. The summed E-state index contributed by atoms with van der Waals surface area (Å²) in [6, 6.07) is 3.18. The molecule has 3 aromatic rings. The average molecular weight is 499 g/mol. The first-order valence-electron chi connectivity index (χ1n) is 10.2. The van der Waals surface area contributed by atoms with Crippen molar-refractivity contribution in [2.24, 2.45) is 0 Å². The molecule has 1 N–H and O–H groups in total. The molecule has 1 amide bonds. The molecule has 0 bridgehead atoms. The van der Waals surface area contributed by atoms with Gasteiger partial charge in [0.1, 0.15) is 10.3 Å². The molecule has 0 radical (unpaired) electrons. The van der Waals surface area contributed by atoms with E-state index >= 15 is 0 Å². The van der Waals surface area contributed by atoms with Crippen molar-refractivity contribution in [3.8, 4) is 11.6 Å². The summed E-state index contributed by atoms with van der Waals surface area (Å²) in [5, 5.41) is 14.1. The number of amides is 1. The number of pyridine rings is 2. The fourth-order valence-corrected chi connectivity index (χ4v) is 4.77. The van der Waals surface area contributed by atoms with Crippen LogP contribution in [0.1, 0.15) is 24.8 Å². The molecule has 0 unspecified atom stereocenters. The van der Waals surface area contributed by atoms with E-state index in [1.165, 1.54) is 18.2 Å². The Morgan fingerprint density at radius 3 is 2.76 bits per heavy atom. The highest BCUT2D eigenvalue weighted by molar-refractivity contribution is 7.22. The van der Waals surface area contributed by atoms with Crippen LogP contribution < -0.4 is 19.5 Å². The number of carbonyl (C=O) groups is 1. The number of ether oxygens (including phenoxy) is 2. The summed E-state index contributed by atoms with van der Waals surface area (Å²) >= 11 is 0.949. The Balaban J connectivity index is 1.29. The summed E-state index contributed by atoms with van der Waals surface area (Å²) in [6.07, 6.45) is -1.92. The van der Waals surface area contributed by atoms with Crippen LogP contribution >= 0.6 is 11.3 Å². The number of rotatable bonds is 4. The van der Waals surface area contributed by atoms with E-state index in [1.807, 2.05) is 0 Å². The maximum Gasteiger partial charge on any atom is 0.587 e. The fourth-order valence-electron chi connectivity index (χ4n) is 3.95. The molecule has 2 atom stereocenters. The van der Waals surface area contributed by atoms with Crippen molar-refractivity contribution in [1.82, 2.24) is 14.9 Å². The van der Waals surface area contributed by atoms with Gasteiger partial charge in [0, 0.05) is 37.7 Å². The standard InChI is InChI=1S/C20H17F4N5O4S/c1-10(28-7-4-19(21,22)12(9-28)11-2-5-29(31)6-3-11)15(30)26-18-25-13-8-14-16(27-17(13)34-18)33-20(23,24)32-14/h2-3,5-6,8,10,12H,4,7,9H2,1H3,(H,25,26,30)/t10-,12+/m0/s1. The zero-order valence-corrected chi connectivity index (χ0v) is 18.3. The number of alkyl halides is 4. The number of fused-ring (bicyclic) bond motifs is 2. The molecule has 2 aliphatic rings. The van der Waals surface area contributed by atoms with Gasteiger partial charge in [-0.2, -0.15) is 9.71 Å². The lowest BCUT2D eigenvalue weighted by Gasteiger charge is -2.40. The molecule has 5 heterocycles. The van der Waals surface area contributed by atoms with Gasteiger partial charge >= 0.3 is 6.29 Å². The van der Waals surface area contributed by atoms with Gasteiger partial charge in [0.15, 0.2) is 23.3 Å². The first-order chi connectivity index (χ1) is 16.0. The minimum Gasteiger partial charge on any atom is -0.619 e. The number of likely N-dealkylation sites (tertiary alicyclic amines) is 1. The minimum atomic E-state index is -3.80. The molecule has 1 saturated heterocycles. The molecule has 0 spiro atoms. The Hall–Kier alpha value is -3.26. The summed E-state index contributed by atoms with van der Waals surface area (Å²) in [5.41, 5.74) is 0.542. The number of anilines is 1. The third-order valence-corrected chi connectivity index (χ3v) is 6.69. The van der Waals surface area contributed by atoms with Crippen molar-refractivity contribution < 1.29 is 36.6 Å². The van der Waals surface area contributed by atoms with Gasteiger partial charge in [-0.25, -0.2) is 13.8 Å². The molecule has 14 heteroatoms. The molecule has 0 saturated carbocycles. The third kappa shape index (κ3) is 4.18. The van der Waals surface area contributed by atoms with Gasteiger partial charge in [0.2, 0.25) is 5.91 Å². The lowest BCUT2D eigenvalue weighted by atomic mass is 9.87. The van der Waals surface area contributed by atoms with Crippen molar-refractivity contribution in [1.29, 1.82) is 0 Å². The van der Waals surface area contributed by atoms with Crippen LogP contribution in [0.2, 0.25) is 0 Å². The van der Waals surface area contributed by atoms with Crippen molar-refractivity contribution in [3.63, 3.8) is 0 Å². The van der Waals surface area contributed by atoms with Crippen LogP contribution in [-0.2, 0) is 4.79 Å². The van der Waals surface area contributed by atoms with Gasteiger partial charge < -0.3 is 20.0 Å². The lowest BCUT2D eigenvalue weighted by molar-refractivity contribution is -0.605. The van der Waals surface area contributed by atoms with Crippen molar-refractivity contribution in [2.45, 2.75) is 37.5 Å². The normalized spacial score (nSPS) is 22.0. The molecule has 180 valence electrons. The van der Waals surface area contributed by atoms with E-state index in [-0.39, 0.29) is 40.2 Å². The first-order valence-corrected chi connectivity index (χ1v) is 11.0. The number of nitrogens with zero attached hydrogens (tertiary/aromatic N) is 4. The highest BCUT2D eigenvalue weighted by Gasteiger charge is 2.47. The number of hydrogen-bond acceptors (Lipinski definition) is 8. The number of piperidine rings is 1. The first kappa shape index (κ1) is 22.5. The Morgan fingerprint density at radius 2 is 2.03 bits per heavy atom. The van der Waals surface area contributed by atoms with Gasteiger partial charge in [-0.1, -0.05) is 11.3 Å². The van der Waals surface area contributed by atoms with Crippen molar-refractivity contribution >= 4 is 32.7 Å². The van der Waals surface area contributed by atoms with Crippen LogP contribution in [0.4, 0.5) is 22.7 Å². The number of aromatic nitrogens is 3. The monoisotopic (exact) mass is 499 g/mol. The molecular formula is C20H17F4N5O4S. The molecule has 9 nitrogen and oxygen atoms in total. The predicted molar refractivity (Wildman–Crippen MR) is 111 cm³/mol. The summed E-state index contributed by atoms with van der Waals surface area (Å²) in [4.78, 5) is 22.8. The highest BCUT2D eigenvalue weighted by atomic mass is 32.1. The largest absolute Gasteiger partial charge is 0.619 e. The number of nitrogens with one attached hydrogen (secondary N) is 1. The smallest absolute Gasteiger partial charge is 0.587 e. The Morgan fingerprint density at radius 1 is 1.29 bits per heavy atom. The van der Waals surface area contributed by atoms with Crippen molar-refractivity contribution in [3.05, 3.63) is 41.4 Å². The Kier molecular flexibility index (Phi) is 5.24. The van der Waals surface area contributed by atoms with Crippen LogP contribution in [0.5, 0.6) is 11.6 Å². The van der Waals surface area contributed by atoms with E-state index < -0.39 is 36.5 Å². The van der Waals surface area contributed by atoms with E-state index in [4.69, 9.17) is 0 Å². The van der Waals surface area contributed by atoms with E-state index in [2.05, 4.69) is 24.8 Å². The number of thiazole rings is 1. The van der Waals surface area contributed by atoms with Gasteiger partial charge in [-0.15, -0.1) is 8.78 Å². The average Bonchev–Trinajstić information content (AvgIpc) is 3.28. The molecule has 5 rings (SSSR count). The summed E-state index contributed by atoms with van der Waals surface area (Å²) in [5.74, 6) is -5.28. The molecule has 0 aromatic carbocycles. The van der Waals surface area contributed by atoms with Crippen molar-refractivity contribution in [2.75, 3.05) is 18.4 Å². The maximum atomic E-state index is 14.6. The fraction of sp³-hybridized carbons (Fsp3) is 0.400. The summed E-state index contributed by atoms with van der Waals surface area (Å²) in [7, 11) is 0. The lowest BCUT2D eigenvalue weighted by Crippen LogP contribution is -2.52. The van der Waals surface area contributed by atoms with Crippen LogP contribution in [0.15, 0.2) is 30.6 Å². The second-order valence-electron chi connectivity index (χ2n) is 8.02. The minimum absolute atomic E-state index is 0.00346. The Labute approximate surface area is 193 Å². The maximum absolute atomic E-state index is 14.6. The zero-order valence-electron chi connectivity index (χ0n) is 17.5. The molecular weight excluding hydrogens is 482 g/mol. The van der Waals surface area contributed by atoms with E-state index in [0.29, 0.717) is 10.3 Å². The van der Waals surface area contributed by atoms with Crippen LogP contribution in [0.3, 0.4) is 0 Å². The van der Waals surface area contributed by atoms with Crippen LogP contribution in [-0.4, -0.2) is 52.1 Å². The van der Waals surface area contributed by atoms with Crippen LogP contribution in [0.25, 0.3) is 10.3 Å². The number of carbonyl (C=O) groups excluding carboxylic acids is 1. The van der Waals surface area contributed by atoms with Crippen LogP contribution in [0, 0.1) is 5.21 Å². The quantitative estimate of drug-likeness (QED) is 0.334. The topological polar surface area (TPSA) is 104 Å². The van der Waals surface area contributed by atoms with E-state index in [9.17, 15) is 27.6 Å². The number of hydrogen-bond donors (Lipinski definition) is 1. The van der Waals surface area contributed by atoms with Gasteiger partial charge in [0.25, 0.3) is 11.8 Å². The van der Waals surface area contributed by atoms with E-state index in [1.54, 1.807) is 11.8 Å². The number of halogens is 4. The predicted octanol–water partition coefficient (Wildman–Crippen LogP) is 3.10. The zero-order chi connectivity index (χ0) is 24.3. The van der Waals surface area contributed by atoms with Gasteiger partial charge in [0.05, 0.1) is 12.0 Å². The second-order valence-corrected chi connectivity index (χ2v) is 9.00. The highest BCUT2D eigenvalue weighted by Crippen LogP contribution is 2.43. The molecule has 2 aliphatic heterocycles. The molecule has 1 fully saturated rings. The molecule has 34 heavy (non-hydrogen) atoms. The van der Waals surface area contributed by atoms with Gasteiger partial charge in [-0.3, -0.25) is 9.69 Å². The SMILES string of the molecule is C[C@@H](C(=O)Nc1nc2cc3c(nc2s1)OC(F)(F)O3)N1CCC(F)(F)[C@@H](c2cc[n+]([O-])cc2)C1. The van der Waals surface area contributed by atoms with E-state index in [0.717, 1.165) is 23.7 Å². The Bertz CT molecular complexity index is 1210. The summed E-state index contributed by atoms with van der Waals surface area (Å²) in [6.45, 7) is 1.52.